The molecule has 0 amide bonds. The lowest BCUT2D eigenvalue weighted by atomic mass is 10.2. The van der Waals surface area contributed by atoms with Crippen LogP contribution in [0.25, 0.3) is 16.6 Å². The highest BCUT2D eigenvalue weighted by Crippen LogP contribution is 2.12. The summed E-state index contributed by atoms with van der Waals surface area (Å²) in [7, 11) is -4.94. The first-order chi connectivity index (χ1) is 12.1. The molecule has 26 heavy (non-hydrogen) atoms. The molecule has 0 aliphatic rings. The Morgan fingerprint density at radius 2 is 1.62 bits per heavy atom. The minimum Gasteiger partial charge on any atom is -0.240 e. The maximum absolute atomic E-state index is 12.9. The smallest absolute Gasteiger partial charge is 0.240 e. The molecule has 0 saturated heterocycles. The van der Waals surface area contributed by atoms with E-state index in [1.807, 2.05) is 62.4 Å². The Kier molecular flexibility index (Phi) is 6.12. The molecule has 0 unspecified atom stereocenters. The molecule has 0 aliphatic carbocycles. The molecule has 138 valence electrons. The summed E-state index contributed by atoms with van der Waals surface area (Å²) in [5.74, 6) is 0.951. The number of para-hydroxylation sites is 1. The van der Waals surface area contributed by atoms with Crippen LogP contribution in [0.5, 0.6) is 0 Å². The number of benzene rings is 2. The molecule has 0 radical (unpaired) electrons. The van der Waals surface area contributed by atoms with E-state index in [9.17, 15) is 4.79 Å². The predicted octanol–water partition coefficient (Wildman–Crippen LogP) is -1.84. The molecule has 0 aliphatic heterocycles. The monoisotopic (exact) mass is 378 g/mol. The molecule has 3 rings (SSSR count). The maximum atomic E-state index is 12.9. The van der Waals surface area contributed by atoms with Crippen LogP contribution in [0.4, 0.5) is 0 Å². The molecule has 0 N–H and O–H groups in total. The van der Waals surface area contributed by atoms with Crippen LogP contribution in [-0.2, 0) is 6.54 Å². The van der Waals surface area contributed by atoms with Crippen LogP contribution in [0.3, 0.4) is 0 Å². The van der Waals surface area contributed by atoms with Crippen LogP contribution < -0.4 is 28.8 Å². The average molecular weight is 379 g/mol. The van der Waals surface area contributed by atoms with Gasteiger partial charge in [-0.3, -0.25) is 0 Å². The molecule has 0 spiro atoms. The van der Waals surface area contributed by atoms with Gasteiger partial charge in [-0.1, -0.05) is 24.3 Å². The number of hydrogen-bond donors (Lipinski definition) is 0. The highest BCUT2D eigenvalue weighted by atomic mass is 35.7. The minimum absolute atomic E-state index is 0.0402. The number of rotatable bonds is 2. The van der Waals surface area contributed by atoms with Gasteiger partial charge in [-0.2, -0.15) is 4.57 Å². The van der Waals surface area contributed by atoms with Gasteiger partial charge in [-0.15, -0.1) is 10.2 Å². The molecule has 0 saturated carbocycles. The van der Waals surface area contributed by atoms with E-state index in [4.69, 9.17) is 18.6 Å². The van der Waals surface area contributed by atoms with Gasteiger partial charge in [-0.25, -0.2) is 28.0 Å². The molecule has 7 nitrogen and oxygen atoms in total. The first-order valence-electron chi connectivity index (χ1n) is 7.86. The first kappa shape index (κ1) is 20.0. The first-order valence-corrected chi connectivity index (χ1v) is 9.10. The quantitative estimate of drug-likeness (QED) is 0.485. The largest absolute Gasteiger partial charge is 0.350 e. The van der Waals surface area contributed by atoms with E-state index in [0.29, 0.717) is 0 Å². The third-order valence-electron chi connectivity index (χ3n) is 3.92. The Morgan fingerprint density at radius 1 is 1.00 bits per heavy atom. The van der Waals surface area contributed by atoms with Crippen molar-refractivity contribution in [2.45, 2.75) is 27.3 Å². The molecule has 0 fully saturated rings. The summed E-state index contributed by atoms with van der Waals surface area (Å²) in [6.07, 6.45) is 0. The molecular weight excluding hydrogens is 360 g/mol. The average Bonchev–Trinajstić information content (AvgIpc) is 2.54. The lowest BCUT2D eigenvalue weighted by Crippen LogP contribution is -2.68. The molecular formula is C18H19ClN2O5. The Morgan fingerprint density at radius 3 is 2.19 bits per heavy atom. The molecule has 2 aromatic carbocycles. The zero-order valence-electron chi connectivity index (χ0n) is 14.6. The lowest BCUT2D eigenvalue weighted by molar-refractivity contribution is -2.00. The Bertz CT molecular complexity index is 973. The van der Waals surface area contributed by atoms with Crippen LogP contribution in [-0.4, -0.2) is 4.57 Å². The summed E-state index contributed by atoms with van der Waals surface area (Å²) in [5, 5.41) is 0.756. The summed E-state index contributed by atoms with van der Waals surface area (Å²) in [5.41, 5.74) is 3.10. The van der Waals surface area contributed by atoms with Crippen LogP contribution in [0.1, 0.15) is 18.3 Å². The summed E-state index contributed by atoms with van der Waals surface area (Å²) in [4.78, 5) is 12.9. The summed E-state index contributed by atoms with van der Waals surface area (Å²) in [6, 6.07) is 15.9. The van der Waals surface area contributed by atoms with E-state index in [-0.39, 0.29) is 5.56 Å². The van der Waals surface area contributed by atoms with Crippen LogP contribution >= 0.6 is 0 Å². The van der Waals surface area contributed by atoms with E-state index >= 15 is 0 Å². The highest BCUT2D eigenvalue weighted by Gasteiger charge is 2.20. The normalized spacial score (nSPS) is 11.2. The predicted molar refractivity (Wildman–Crippen MR) is 84.9 cm³/mol. The van der Waals surface area contributed by atoms with Gasteiger partial charge in [0.1, 0.15) is 16.6 Å². The number of aryl methyl sites for hydroxylation is 2. The fourth-order valence-electron chi connectivity index (χ4n) is 2.92. The van der Waals surface area contributed by atoms with Crippen molar-refractivity contribution in [3.63, 3.8) is 0 Å². The van der Waals surface area contributed by atoms with Gasteiger partial charge in [0.15, 0.2) is 0 Å². The second kappa shape index (κ2) is 7.94. The van der Waals surface area contributed by atoms with Crippen molar-refractivity contribution < 1.29 is 33.4 Å². The van der Waals surface area contributed by atoms with E-state index < -0.39 is 10.2 Å². The van der Waals surface area contributed by atoms with Crippen LogP contribution in [0, 0.1) is 24.1 Å². The number of nitrogens with zero attached hydrogens (tertiary/aromatic N) is 2. The van der Waals surface area contributed by atoms with Crippen molar-refractivity contribution in [1.82, 2.24) is 4.57 Å². The van der Waals surface area contributed by atoms with Gasteiger partial charge >= 0.3 is 5.56 Å². The van der Waals surface area contributed by atoms with Gasteiger partial charge < -0.3 is 0 Å². The zero-order chi connectivity index (χ0) is 19.5. The van der Waals surface area contributed by atoms with Crippen LogP contribution in [0.2, 0.25) is 0 Å². The van der Waals surface area contributed by atoms with E-state index in [1.165, 1.54) is 0 Å². The van der Waals surface area contributed by atoms with E-state index in [0.717, 1.165) is 34.5 Å². The standard InChI is InChI=1S/C18H19N2O.ClHO4/c1-4-19-14(3)20(15-9-7-8-13(2)12-15)18(21)16-10-5-6-11-17(16)19;2-1(3,4)5/h5-12H,4H2,1-3H3;(H,2,3,4,5)/q+1;/p-1. The van der Waals surface area contributed by atoms with Gasteiger partial charge in [0, 0.05) is 6.92 Å². The topological polar surface area (TPSA) is 118 Å². The Labute approximate surface area is 152 Å². The second-order valence-electron chi connectivity index (χ2n) is 5.67. The zero-order valence-corrected chi connectivity index (χ0v) is 15.4. The number of halogens is 1. The van der Waals surface area contributed by atoms with Crippen molar-refractivity contribution in [2.75, 3.05) is 0 Å². The summed E-state index contributed by atoms with van der Waals surface area (Å²) in [6.45, 7) is 6.97. The fourth-order valence-corrected chi connectivity index (χ4v) is 2.92. The SMILES string of the molecule is CC[n+]1c(C)n(-c2cccc(C)c2)c(=O)c2ccccc21.[O-][Cl+3]([O-])([O-])[O-]. The fraction of sp³-hybridized carbons (Fsp3) is 0.222. The Hall–Kier alpha value is -2.29. The number of hydrogen-bond acceptors (Lipinski definition) is 5. The second-order valence-corrected chi connectivity index (χ2v) is 6.42. The van der Waals surface area contributed by atoms with Gasteiger partial charge in [0.25, 0.3) is 5.82 Å². The molecule has 0 atom stereocenters. The van der Waals surface area contributed by atoms with Crippen molar-refractivity contribution >= 4 is 10.9 Å². The highest BCUT2D eigenvalue weighted by molar-refractivity contribution is 5.74. The van der Waals surface area contributed by atoms with Gasteiger partial charge in [-0.05, 0) is 43.7 Å². The maximum Gasteiger partial charge on any atom is 0.350 e. The number of fused-ring (bicyclic) bond motifs is 1. The lowest BCUT2D eigenvalue weighted by Gasteiger charge is -2.17. The molecule has 3 aromatic rings. The summed E-state index contributed by atoms with van der Waals surface area (Å²) < 4.78 is 38.0. The molecule has 1 heterocycles. The van der Waals surface area contributed by atoms with Crippen molar-refractivity contribution in [3.05, 3.63) is 70.3 Å². The van der Waals surface area contributed by atoms with Crippen molar-refractivity contribution in [3.8, 4) is 5.69 Å². The van der Waals surface area contributed by atoms with Crippen LogP contribution in [0.15, 0.2) is 53.3 Å². The molecule has 0 bridgehead atoms. The van der Waals surface area contributed by atoms with Crippen molar-refractivity contribution in [1.29, 1.82) is 0 Å². The number of aromatic nitrogens is 2. The van der Waals surface area contributed by atoms with E-state index in [2.05, 4.69) is 11.5 Å². The third-order valence-corrected chi connectivity index (χ3v) is 3.92. The van der Waals surface area contributed by atoms with Gasteiger partial charge in [0.2, 0.25) is 0 Å². The third kappa shape index (κ3) is 4.66. The van der Waals surface area contributed by atoms with Gasteiger partial charge in [0.05, 0.1) is 6.54 Å². The molecule has 8 heteroatoms. The molecule has 1 aromatic heterocycles. The Balaban J connectivity index is 0.000000431. The van der Waals surface area contributed by atoms with E-state index in [1.54, 1.807) is 4.57 Å². The van der Waals surface area contributed by atoms with Crippen molar-refractivity contribution in [2.24, 2.45) is 0 Å². The summed E-state index contributed by atoms with van der Waals surface area (Å²) >= 11 is 0. The minimum atomic E-state index is -4.94.